The molecule has 0 saturated carbocycles. The van der Waals surface area contributed by atoms with Crippen molar-refractivity contribution in [1.29, 1.82) is 0 Å². The summed E-state index contributed by atoms with van der Waals surface area (Å²) in [6, 6.07) is 6.60. The zero-order valence-electron chi connectivity index (χ0n) is 10.1. The lowest BCUT2D eigenvalue weighted by molar-refractivity contribution is -0.148. The summed E-state index contributed by atoms with van der Waals surface area (Å²) in [7, 11) is 0. The molecular weight excluding hydrogens is 241 g/mol. The molecule has 1 aliphatic rings. The Kier molecular flexibility index (Phi) is 3.80. The molecule has 18 heavy (non-hydrogen) atoms. The largest absolute Gasteiger partial charge is 0.396 e. The van der Waals surface area contributed by atoms with Crippen molar-refractivity contribution in [3.8, 4) is 0 Å². The van der Waals surface area contributed by atoms with E-state index in [9.17, 15) is 13.2 Å². The standard InChI is InChI=1S/C13H17F3N2/c14-13(15,16)12(9-17)10-3-5-11(6-4-10)18-7-1-2-8-18/h3-6,12H,1-2,7-9,17H2. The molecule has 1 fully saturated rings. The number of alkyl halides is 3. The molecule has 0 aromatic heterocycles. The second-order valence-electron chi connectivity index (χ2n) is 4.62. The van der Waals surface area contributed by atoms with Crippen LogP contribution in [0.4, 0.5) is 18.9 Å². The molecule has 1 aromatic rings. The van der Waals surface area contributed by atoms with Crippen LogP contribution >= 0.6 is 0 Å². The van der Waals surface area contributed by atoms with Gasteiger partial charge in [-0.2, -0.15) is 13.2 Å². The first-order valence-electron chi connectivity index (χ1n) is 6.14. The maximum atomic E-state index is 12.7. The van der Waals surface area contributed by atoms with E-state index in [2.05, 4.69) is 4.90 Å². The summed E-state index contributed by atoms with van der Waals surface area (Å²) in [5.41, 5.74) is 6.46. The van der Waals surface area contributed by atoms with E-state index < -0.39 is 18.6 Å². The van der Waals surface area contributed by atoms with Crippen LogP contribution in [-0.4, -0.2) is 25.8 Å². The van der Waals surface area contributed by atoms with E-state index in [4.69, 9.17) is 5.73 Å². The molecule has 1 aliphatic heterocycles. The highest BCUT2D eigenvalue weighted by atomic mass is 19.4. The number of hydrogen-bond acceptors (Lipinski definition) is 2. The van der Waals surface area contributed by atoms with Gasteiger partial charge in [-0.05, 0) is 30.5 Å². The minimum Gasteiger partial charge on any atom is -0.372 e. The van der Waals surface area contributed by atoms with E-state index in [1.807, 2.05) is 0 Å². The molecule has 100 valence electrons. The minimum atomic E-state index is -4.27. The molecule has 2 rings (SSSR count). The number of anilines is 1. The van der Waals surface area contributed by atoms with Gasteiger partial charge < -0.3 is 10.6 Å². The Labute approximate surface area is 105 Å². The molecule has 0 aliphatic carbocycles. The van der Waals surface area contributed by atoms with Gasteiger partial charge in [0.2, 0.25) is 0 Å². The number of rotatable bonds is 3. The van der Waals surface area contributed by atoms with Crippen LogP contribution in [0.25, 0.3) is 0 Å². The van der Waals surface area contributed by atoms with Crippen molar-refractivity contribution in [2.24, 2.45) is 5.73 Å². The third-order valence-corrected chi connectivity index (χ3v) is 3.40. The van der Waals surface area contributed by atoms with E-state index >= 15 is 0 Å². The van der Waals surface area contributed by atoms with Gasteiger partial charge in [0.15, 0.2) is 0 Å². The summed E-state index contributed by atoms with van der Waals surface area (Å²) in [5, 5.41) is 0. The Morgan fingerprint density at radius 2 is 1.67 bits per heavy atom. The van der Waals surface area contributed by atoms with Gasteiger partial charge in [0.1, 0.15) is 0 Å². The van der Waals surface area contributed by atoms with Crippen LogP contribution in [0.2, 0.25) is 0 Å². The van der Waals surface area contributed by atoms with Gasteiger partial charge >= 0.3 is 6.18 Å². The minimum absolute atomic E-state index is 0.243. The summed E-state index contributed by atoms with van der Waals surface area (Å²) in [5.74, 6) is -1.56. The highest BCUT2D eigenvalue weighted by Gasteiger charge is 2.39. The Balaban J connectivity index is 2.15. The molecule has 1 saturated heterocycles. The SMILES string of the molecule is NCC(c1ccc(N2CCCC2)cc1)C(F)(F)F. The van der Waals surface area contributed by atoms with E-state index in [0.717, 1.165) is 31.6 Å². The van der Waals surface area contributed by atoms with E-state index in [0.29, 0.717) is 0 Å². The van der Waals surface area contributed by atoms with Crippen LogP contribution in [0, 0.1) is 0 Å². The summed E-state index contributed by atoms with van der Waals surface area (Å²) in [6.07, 6.45) is -1.98. The molecule has 1 unspecified atom stereocenters. The molecule has 2 N–H and O–H groups in total. The van der Waals surface area contributed by atoms with Gasteiger partial charge in [-0.1, -0.05) is 12.1 Å². The topological polar surface area (TPSA) is 29.3 Å². The van der Waals surface area contributed by atoms with Gasteiger partial charge in [0, 0.05) is 25.3 Å². The fourth-order valence-electron chi connectivity index (χ4n) is 2.35. The van der Waals surface area contributed by atoms with Crippen LogP contribution in [0.15, 0.2) is 24.3 Å². The maximum absolute atomic E-state index is 12.7. The summed E-state index contributed by atoms with van der Waals surface area (Å²) < 4.78 is 38.2. The quantitative estimate of drug-likeness (QED) is 0.903. The van der Waals surface area contributed by atoms with Gasteiger partial charge in [0.25, 0.3) is 0 Å². The Hall–Kier alpha value is -1.23. The van der Waals surface area contributed by atoms with Gasteiger partial charge in [-0.3, -0.25) is 0 Å². The molecule has 0 radical (unpaired) electrons. The Bertz CT molecular complexity index is 380. The molecule has 0 bridgehead atoms. The normalized spacial score (nSPS) is 18.1. The smallest absolute Gasteiger partial charge is 0.372 e. The van der Waals surface area contributed by atoms with Crippen LogP contribution < -0.4 is 10.6 Å². The molecule has 1 heterocycles. The van der Waals surface area contributed by atoms with Crippen LogP contribution in [0.1, 0.15) is 24.3 Å². The summed E-state index contributed by atoms with van der Waals surface area (Å²) >= 11 is 0. The molecule has 0 spiro atoms. The third kappa shape index (κ3) is 2.77. The molecular formula is C13H17F3N2. The van der Waals surface area contributed by atoms with Crippen LogP contribution in [0.5, 0.6) is 0 Å². The number of benzene rings is 1. The van der Waals surface area contributed by atoms with Gasteiger partial charge in [-0.15, -0.1) is 0 Å². The van der Waals surface area contributed by atoms with E-state index in [1.165, 1.54) is 0 Å². The summed E-state index contributed by atoms with van der Waals surface area (Å²) in [4.78, 5) is 2.19. The molecule has 5 heteroatoms. The van der Waals surface area contributed by atoms with Crippen molar-refractivity contribution in [1.82, 2.24) is 0 Å². The van der Waals surface area contributed by atoms with Crippen molar-refractivity contribution in [3.63, 3.8) is 0 Å². The number of nitrogens with two attached hydrogens (primary N) is 1. The Morgan fingerprint density at radius 1 is 1.11 bits per heavy atom. The molecule has 1 aromatic carbocycles. The third-order valence-electron chi connectivity index (χ3n) is 3.40. The lowest BCUT2D eigenvalue weighted by atomic mass is 9.98. The zero-order chi connectivity index (χ0) is 13.2. The van der Waals surface area contributed by atoms with Crippen molar-refractivity contribution >= 4 is 5.69 Å². The van der Waals surface area contributed by atoms with Crippen molar-refractivity contribution in [2.75, 3.05) is 24.5 Å². The monoisotopic (exact) mass is 258 g/mol. The zero-order valence-corrected chi connectivity index (χ0v) is 10.1. The van der Waals surface area contributed by atoms with E-state index in [1.54, 1.807) is 24.3 Å². The van der Waals surface area contributed by atoms with Gasteiger partial charge in [0.05, 0.1) is 5.92 Å². The highest BCUT2D eigenvalue weighted by Crippen LogP contribution is 2.34. The van der Waals surface area contributed by atoms with Crippen LogP contribution in [0.3, 0.4) is 0 Å². The second-order valence-corrected chi connectivity index (χ2v) is 4.62. The van der Waals surface area contributed by atoms with Crippen LogP contribution in [-0.2, 0) is 0 Å². The number of nitrogens with zero attached hydrogens (tertiary/aromatic N) is 1. The first kappa shape index (κ1) is 13.2. The molecule has 1 atom stereocenters. The first-order valence-corrected chi connectivity index (χ1v) is 6.14. The predicted octanol–water partition coefficient (Wildman–Crippen LogP) is 2.89. The van der Waals surface area contributed by atoms with E-state index in [-0.39, 0.29) is 5.56 Å². The fraction of sp³-hybridized carbons (Fsp3) is 0.538. The Morgan fingerprint density at radius 3 is 2.11 bits per heavy atom. The average Bonchev–Trinajstić information content (AvgIpc) is 2.82. The van der Waals surface area contributed by atoms with Crippen molar-refractivity contribution in [3.05, 3.63) is 29.8 Å². The number of hydrogen-bond donors (Lipinski definition) is 1. The van der Waals surface area contributed by atoms with Gasteiger partial charge in [-0.25, -0.2) is 0 Å². The fourth-order valence-corrected chi connectivity index (χ4v) is 2.35. The lowest BCUT2D eigenvalue weighted by Gasteiger charge is -2.21. The average molecular weight is 258 g/mol. The molecule has 0 amide bonds. The first-order chi connectivity index (χ1) is 8.52. The predicted molar refractivity (Wildman–Crippen MR) is 65.7 cm³/mol. The van der Waals surface area contributed by atoms with Crippen molar-refractivity contribution in [2.45, 2.75) is 24.9 Å². The number of halogens is 3. The highest BCUT2D eigenvalue weighted by molar-refractivity contribution is 5.49. The maximum Gasteiger partial charge on any atom is 0.396 e. The lowest BCUT2D eigenvalue weighted by Crippen LogP contribution is -2.28. The molecule has 2 nitrogen and oxygen atoms in total. The second kappa shape index (κ2) is 5.18. The summed E-state index contributed by atoms with van der Waals surface area (Å²) in [6.45, 7) is 1.56. The van der Waals surface area contributed by atoms with Crippen molar-refractivity contribution < 1.29 is 13.2 Å².